The molecule has 0 saturated carbocycles. The Hall–Kier alpha value is -1.08. The zero-order valence-corrected chi connectivity index (χ0v) is 10.8. The van der Waals surface area contributed by atoms with Crippen LogP contribution in [0.3, 0.4) is 0 Å². The molecule has 0 bridgehead atoms. The Balaban J connectivity index is 2.48. The van der Waals surface area contributed by atoms with Crippen molar-refractivity contribution in [3.8, 4) is 6.07 Å². The van der Waals surface area contributed by atoms with Crippen LogP contribution in [0.4, 0.5) is 10.1 Å². The summed E-state index contributed by atoms with van der Waals surface area (Å²) in [5.74, 6) is -0.243. The van der Waals surface area contributed by atoms with Gasteiger partial charge in [0.15, 0.2) is 0 Å². The molecule has 0 radical (unpaired) electrons. The molecule has 0 aliphatic carbocycles. The average Bonchev–Trinajstić information content (AvgIpc) is 2.25. The third-order valence-corrected chi connectivity index (χ3v) is 2.91. The van der Waals surface area contributed by atoms with E-state index < -0.39 is 0 Å². The van der Waals surface area contributed by atoms with Gasteiger partial charge in [0, 0.05) is 18.7 Å². The molecule has 1 aromatic rings. The second kappa shape index (κ2) is 6.49. The van der Waals surface area contributed by atoms with Crippen LogP contribution in [0, 0.1) is 24.1 Å². The predicted octanol–water partition coefficient (Wildman–Crippen LogP) is 4.00. The fourth-order valence-corrected chi connectivity index (χ4v) is 1.73. The number of aryl methyl sites for hydroxylation is 1. The molecule has 1 aromatic carbocycles. The summed E-state index contributed by atoms with van der Waals surface area (Å²) in [7, 11) is 0. The van der Waals surface area contributed by atoms with Crippen LogP contribution in [0.2, 0.25) is 0 Å². The van der Waals surface area contributed by atoms with Crippen LogP contribution >= 0.6 is 15.9 Å². The molecule has 0 aliphatic rings. The Labute approximate surface area is 104 Å². The largest absolute Gasteiger partial charge is 0.385 e. The van der Waals surface area contributed by atoms with Crippen molar-refractivity contribution in [2.75, 3.05) is 11.9 Å². The molecule has 0 saturated heterocycles. The number of hydrogen-bond donors (Lipinski definition) is 1. The standard InChI is InChI=1S/C12H14BrFN2/c1-9-7-11(14)10(13)8-12(9)16-6-4-2-3-5-15/h7-8,16H,2-4,6H2,1H3. The summed E-state index contributed by atoms with van der Waals surface area (Å²) < 4.78 is 13.6. The molecular weight excluding hydrogens is 271 g/mol. The van der Waals surface area contributed by atoms with Crippen molar-refractivity contribution in [2.45, 2.75) is 26.2 Å². The van der Waals surface area contributed by atoms with E-state index in [0.29, 0.717) is 10.9 Å². The van der Waals surface area contributed by atoms with E-state index in [4.69, 9.17) is 5.26 Å². The molecule has 0 fully saturated rings. The first kappa shape index (κ1) is 13.0. The van der Waals surface area contributed by atoms with Crippen molar-refractivity contribution in [1.82, 2.24) is 0 Å². The minimum absolute atomic E-state index is 0.243. The Morgan fingerprint density at radius 3 is 2.88 bits per heavy atom. The first-order chi connectivity index (χ1) is 7.65. The van der Waals surface area contributed by atoms with Crippen molar-refractivity contribution in [3.63, 3.8) is 0 Å². The molecule has 0 unspecified atom stereocenters. The van der Waals surface area contributed by atoms with Crippen molar-refractivity contribution >= 4 is 21.6 Å². The molecule has 4 heteroatoms. The number of nitrogens with zero attached hydrogens (tertiary/aromatic N) is 1. The summed E-state index contributed by atoms with van der Waals surface area (Å²) in [6, 6.07) is 5.36. The molecular formula is C12H14BrFN2. The van der Waals surface area contributed by atoms with E-state index in [9.17, 15) is 4.39 Å². The zero-order valence-electron chi connectivity index (χ0n) is 9.19. The molecule has 0 aliphatic heterocycles. The van der Waals surface area contributed by atoms with Crippen molar-refractivity contribution in [3.05, 3.63) is 28.0 Å². The molecule has 0 aromatic heterocycles. The smallest absolute Gasteiger partial charge is 0.137 e. The van der Waals surface area contributed by atoms with Gasteiger partial charge < -0.3 is 5.32 Å². The fourth-order valence-electron chi connectivity index (χ4n) is 1.39. The predicted molar refractivity (Wildman–Crippen MR) is 66.8 cm³/mol. The highest BCUT2D eigenvalue weighted by Crippen LogP contribution is 2.24. The van der Waals surface area contributed by atoms with Gasteiger partial charge in [0.2, 0.25) is 0 Å². The Morgan fingerprint density at radius 1 is 1.44 bits per heavy atom. The van der Waals surface area contributed by atoms with Crippen molar-refractivity contribution in [1.29, 1.82) is 5.26 Å². The van der Waals surface area contributed by atoms with Gasteiger partial charge in [0.25, 0.3) is 0 Å². The van der Waals surface area contributed by atoms with Crippen LogP contribution in [-0.2, 0) is 0 Å². The van der Waals surface area contributed by atoms with Gasteiger partial charge in [0.05, 0.1) is 10.5 Å². The Morgan fingerprint density at radius 2 is 2.19 bits per heavy atom. The maximum absolute atomic E-state index is 13.1. The third kappa shape index (κ3) is 3.82. The van der Waals surface area contributed by atoms with Crippen molar-refractivity contribution < 1.29 is 4.39 Å². The van der Waals surface area contributed by atoms with Gasteiger partial charge in [-0.05, 0) is 53.4 Å². The van der Waals surface area contributed by atoms with Gasteiger partial charge in [-0.2, -0.15) is 5.26 Å². The van der Waals surface area contributed by atoms with E-state index in [1.165, 1.54) is 6.07 Å². The van der Waals surface area contributed by atoms with E-state index in [-0.39, 0.29) is 5.82 Å². The van der Waals surface area contributed by atoms with Gasteiger partial charge in [-0.25, -0.2) is 4.39 Å². The second-order valence-corrected chi connectivity index (χ2v) is 4.48. The zero-order chi connectivity index (χ0) is 12.0. The quantitative estimate of drug-likeness (QED) is 0.830. The highest BCUT2D eigenvalue weighted by molar-refractivity contribution is 9.10. The Bertz CT molecular complexity index is 399. The molecule has 0 atom stereocenters. The number of halogens is 2. The highest BCUT2D eigenvalue weighted by atomic mass is 79.9. The number of nitriles is 1. The number of benzene rings is 1. The fraction of sp³-hybridized carbons (Fsp3) is 0.417. The minimum Gasteiger partial charge on any atom is -0.385 e. The lowest BCUT2D eigenvalue weighted by Gasteiger charge is -2.10. The minimum atomic E-state index is -0.243. The highest BCUT2D eigenvalue weighted by Gasteiger charge is 2.04. The molecule has 0 spiro atoms. The van der Waals surface area contributed by atoms with Gasteiger partial charge >= 0.3 is 0 Å². The molecule has 1 N–H and O–H groups in total. The molecule has 86 valence electrons. The van der Waals surface area contributed by atoms with Crippen LogP contribution in [-0.4, -0.2) is 6.54 Å². The first-order valence-corrected chi connectivity index (χ1v) is 6.01. The van der Waals surface area contributed by atoms with E-state index >= 15 is 0 Å². The van der Waals surface area contributed by atoms with E-state index in [1.807, 2.05) is 6.92 Å². The summed E-state index contributed by atoms with van der Waals surface area (Å²) in [5, 5.41) is 11.6. The van der Waals surface area contributed by atoms with Crippen molar-refractivity contribution in [2.24, 2.45) is 0 Å². The monoisotopic (exact) mass is 284 g/mol. The number of unbranched alkanes of at least 4 members (excludes halogenated alkanes) is 2. The van der Waals surface area contributed by atoms with Crippen LogP contribution in [0.25, 0.3) is 0 Å². The maximum atomic E-state index is 13.1. The lowest BCUT2D eigenvalue weighted by molar-refractivity contribution is 0.620. The molecule has 16 heavy (non-hydrogen) atoms. The first-order valence-electron chi connectivity index (χ1n) is 5.21. The second-order valence-electron chi connectivity index (χ2n) is 3.62. The number of nitrogens with one attached hydrogen (secondary N) is 1. The van der Waals surface area contributed by atoms with E-state index in [2.05, 4.69) is 27.3 Å². The van der Waals surface area contributed by atoms with Gasteiger partial charge in [-0.1, -0.05) is 0 Å². The lowest BCUT2D eigenvalue weighted by atomic mass is 10.2. The van der Waals surface area contributed by atoms with Crippen LogP contribution in [0.15, 0.2) is 16.6 Å². The van der Waals surface area contributed by atoms with Crippen LogP contribution in [0.5, 0.6) is 0 Å². The van der Waals surface area contributed by atoms with Crippen LogP contribution < -0.4 is 5.32 Å². The maximum Gasteiger partial charge on any atom is 0.137 e. The summed E-state index contributed by atoms with van der Waals surface area (Å²) >= 11 is 3.16. The SMILES string of the molecule is Cc1cc(F)c(Br)cc1NCCCCC#N. The lowest BCUT2D eigenvalue weighted by Crippen LogP contribution is -2.03. The molecule has 2 nitrogen and oxygen atoms in total. The summed E-state index contributed by atoms with van der Waals surface area (Å²) in [5.41, 5.74) is 1.83. The molecule has 1 rings (SSSR count). The summed E-state index contributed by atoms with van der Waals surface area (Å²) in [4.78, 5) is 0. The van der Waals surface area contributed by atoms with E-state index in [0.717, 1.165) is 30.6 Å². The van der Waals surface area contributed by atoms with Gasteiger partial charge in [0.1, 0.15) is 5.82 Å². The summed E-state index contributed by atoms with van der Waals surface area (Å²) in [6.45, 7) is 2.67. The number of anilines is 1. The third-order valence-electron chi connectivity index (χ3n) is 2.30. The molecule has 0 heterocycles. The normalized spacial score (nSPS) is 9.88. The summed E-state index contributed by atoms with van der Waals surface area (Å²) in [6.07, 6.45) is 2.43. The molecule has 0 amide bonds. The average molecular weight is 285 g/mol. The number of hydrogen-bond acceptors (Lipinski definition) is 2. The van der Waals surface area contributed by atoms with Gasteiger partial charge in [-0.15, -0.1) is 0 Å². The van der Waals surface area contributed by atoms with Crippen LogP contribution in [0.1, 0.15) is 24.8 Å². The van der Waals surface area contributed by atoms with Gasteiger partial charge in [-0.3, -0.25) is 0 Å². The Kier molecular flexibility index (Phi) is 5.27. The topological polar surface area (TPSA) is 35.8 Å². The van der Waals surface area contributed by atoms with E-state index in [1.54, 1.807) is 6.07 Å². The number of rotatable bonds is 5.